The molecule has 4 heteroatoms. The van der Waals surface area contributed by atoms with Gasteiger partial charge in [-0.25, -0.2) is 0 Å². The number of hydrogen-bond donors (Lipinski definition) is 0. The summed E-state index contributed by atoms with van der Waals surface area (Å²) < 4.78 is 5.27. The van der Waals surface area contributed by atoms with Crippen LogP contribution in [-0.4, -0.2) is 11.5 Å². The second kappa shape index (κ2) is 7.44. The number of benzene rings is 6. The van der Waals surface area contributed by atoms with Gasteiger partial charge in [-0.2, -0.15) is 0 Å². The van der Waals surface area contributed by atoms with Crippen LogP contribution in [0.4, 0.5) is 11.4 Å². The highest BCUT2D eigenvalue weighted by molar-refractivity contribution is 7.26. The van der Waals surface area contributed by atoms with Crippen molar-refractivity contribution in [1.29, 1.82) is 0 Å². The third kappa shape index (κ3) is 2.51. The quantitative estimate of drug-likeness (QED) is 0.194. The molecule has 4 heterocycles. The summed E-state index contributed by atoms with van der Waals surface area (Å²) >= 11 is 1.90. The molecule has 0 bridgehead atoms. The van der Waals surface area contributed by atoms with Gasteiger partial charge in [0.25, 0.3) is 0 Å². The highest BCUT2D eigenvalue weighted by atomic mass is 32.1. The van der Waals surface area contributed by atoms with Crippen molar-refractivity contribution in [3.63, 3.8) is 0 Å². The van der Waals surface area contributed by atoms with Gasteiger partial charge in [0.15, 0.2) is 0 Å². The van der Waals surface area contributed by atoms with Gasteiger partial charge in [0.2, 0.25) is 0 Å². The molecule has 40 heavy (non-hydrogen) atoms. The van der Waals surface area contributed by atoms with E-state index in [0.717, 1.165) is 0 Å². The number of thiophene rings is 1. The first-order chi connectivity index (χ1) is 19.9. The molecule has 2 aromatic heterocycles. The fourth-order valence-corrected chi connectivity index (χ4v) is 8.58. The molecule has 0 radical (unpaired) electrons. The van der Waals surface area contributed by atoms with Crippen molar-refractivity contribution < 1.29 is 0 Å². The fraction of sp³-hybridized carbons (Fsp3) is 0. The SMILES string of the molecule is c1ccc2c(c1)B1N(c3ccc(-c4cccc5c4sc4ccccc45)cc3-2)c2cccc3c4ccccc4n1c23. The summed E-state index contributed by atoms with van der Waals surface area (Å²) in [7, 11) is 0. The van der Waals surface area contributed by atoms with E-state index in [4.69, 9.17) is 0 Å². The predicted molar refractivity (Wildman–Crippen MR) is 173 cm³/mol. The van der Waals surface area contributed by atoms with E-state index < -0.39 is 0 Å². The molecular weight excluding hydrogens is 503 g/mol. The Balaban J connectivity index is 1.26. The van der Waals surface area contributed by atoms with Crippen LogP contribution >= 0.6 is 11.3 Å². The van der Waals surface area contributed by atoms with E-state index in [-0.39, 0.29) is 6.98 Å². The van der Waals surface area contributed by atoms with E-state index in [0.29, 0.717) is 0 Å². The van der Waals surface area contributed by atoms with E-state index in [1.54, 1.807) is 0 Å². The molecule has 184 valence electrons. The zero-order chi connectivity index (χ0) is 25.9. The van der Waals surface area contributed by atoms with E-state index >= 15 is 0 Å². The number of rotatable bonds is 1. The van der Waals surface area contributed by atoms with Gasteiger partial charge in [0, 0.05) is 47.7 Å². The molecule has 0 fully saturated rings. The summed E-state index contributed by atoms with van der Waals surface area (Å²) in [6.45, 7) is 0.0976. The van der Waals surface area contributed by atoms with Crippen LogP contribution in [0.3, 0.4) is 0 Å². The Hall–Kier alpha value is -4.80. The van der Waals surface area contributed by atoms with Crippen molar-refractivity contribution >= 4 is 77.1 Å². The molecule has 10 rings (SSSR count). The second-order valence-electron chi connectivity index (χ2n) is 10.9. The fourth-order valence-electron chi connectivity index (χ4n) is 7.34. The maximum Gasteiger partial charge on any atom is 0.421 e. The average Bonchev–Trinajstić information content (AvgIpc) is 3.68. The summed E-state index contributed by atoms with van der Waals surface area (Å²) in [5, 5.41) is 5.34. The average molecular weight is 524 g/mol. The summed E-state index contributed by atoms with van der Waals surface area (Å²) in [6, 6.07) is 47.3. The molecule has 6 aromatic carbocycles. The van der Waals surface area contributed by atoms with E-state index in [1.807, 2.05) is 11.3 Å². The van der Waals surface area contributed by atoms with Crippen LogP contribution in [0, 0.1) is 0 Å². The lowest BCUT2D eigenvalue weighted by atomic mass is 9.60. The Bertz CT molecular complexity index is 2360. The molecular formula is C36H21BN2S. The predicted octanol–water partition coefficient (Wildman–Crippen LogP) is 9.20. The molecule has 0 aliphatic carbocycles. The van der Waals surface area contributed by atoms with E-state index in [1.165, 1.54) is 81.1 Å². The normalized spacial score (nSPS) is 13.4. The topological polar surface area (TPSA) is 8.17 Å². The minimum Gasteiger partial charge on any atom is -0.359 e. The van der Waals surface area contributed by atoms with Gasteiger partial charge in [0.05, 0.1) is 11.2 Å². The van der Waals surface area contributed by atoms with Gasteiger partial charge >= 0.3 is 6.98 Å². The maximum absolute atomic E-state index is 2.57. The summed E-state index contributed by atoms with van der Waals surface area (Å²) in [4.78, 5) is 2.57. The highest BCUT2D eigenvalue weighted by Gasteiger charge is 2.44. The van der Waals surface area contributed by atoms with Crippen LogP contribution in [-0.2, 0) is 0 Å². The Morgan fingerprint density at radius 1 is 0.525 bits per heavy atom. The van der Waals surface area contributed by atoms with Crippen LogP contribution in [0.5, 0.6) is 0 Å². The van der Waals surface area contributed by atoms with Crippen LogP contribution < -0.4 is 10.3 Å². The van der Waals surface area contributed by atoms with Crippen LogP contribution in [0.15, 0.2) is 127 Å². The molecule has 0 unspecified atom stereocenters. The molecule has 2 aliphatic heterocycles. The lowest BCUT2D eigenvalue weighted by molar-refractivity contribution is 1.31. The number of anilines is 2. The maximum atomic E-state index is 2.57. The Morgan fingerprint density at radius 2 is 1.27 bits per heavy atom. The number of para-hydroxylation sites is 2. The van der Waals surface area contributed by atoms with Crippen LogP contribution in [0.2, 0.25) is 0 Å². The minimum atomic E-state index is 0.0976. The minimum absolute atomic E-state index is 0.0976. The Labute approximate surface area is 235 Å². The van der Waals surface area contributed by atoms with Gasteiger partial charge < -0.3 is 9.29 Å². The lowest BCUT2D eigenvalue weighted by Crippen LogP contribution is -2.51. The molecule has 2 nitrogen and oxygen atoms in total. The zero-order valence-electron chi connectivity index (χ0n) is 21.5. The molecule has 8 aromatic rings. The van der Waals surface area contributed by atoms with Crippen molar-refractivity contribution in [2.45, 2.75) is 0 Å². The molecule has 0 saturated carbocycles. The Kier molecular flexibility index (Phi) is 3.92. The first kappa shape index (κ1) is 21.1. The van der Waals surface area contributed by atoms with Crippen molar-refractivity contribution in [2.24, 2.45) is 0 Å². The number of aromatic nitrogens is 1. The van der Waals surface area contributed by atoms with E-state index in [9.17, 15) is 0 Å². The van der Waals surface area contributed by atoms with Gasteiger partial charge in [-0.05, 0) is 52.5 Å². The van der Waals surface area contributed by atoms with Gasteiger partial charge in [0.1, 0.15) is 0 Å². The molecule has 0 amide bonds. The van der Waals surface area contributed by atoms with Gasteiger partial charge in [-0.1, -0.05) is 97.1 Å². The molecule has 0 atom stereocenters. The largest absolute Gasteiger partial charge is 0.421 e. The first-order valence-corrected chi connectivity index (χ1v) is 14.6. The van der Waals surface area contributed by atoms with E-state index in [2.05, 4.69) is 137 Å². The number of nitrogens with zero attached hydrogens (tertiary/aromatic N) is 2. The van der Waals surface area contributed by atoms with Gasteiger partial charge in [-0.3, -0.25) is 0 Å². The van der Waals surface area contributed by atoms with Crippen molar-refractivity contribution in [1.82, 2.24) is 4.48 Å². The van der Waals surface area contributed by atoms with Crippen molar-refractivity contribution in [3.05, 3.63) is 127 Å². The third-order valence-electron chi connectivity index (χ3n) is 8.96. The smallest absolute Gasteiger partial charge is 0.359 e. The van der Waals surface area contributed by atoms with Crippen LogP contribution in [0.25, 0.3) is 64.2 Å². The van der Waals surface area contributed by atoms with Crippen LogP contribution in [0.1, 0.15) is 0 Å². The Morgan fingerprint density at radius 3 is 2.25 bits per heavy atom. The molecule has 0 saturated heterocycles. The standard InChI is InChI=1S/C36H21BN2S/c1-4-15-30-24(9-1)29-21-22(23-12-7-14-28-26-11-3-6-18-34(26)40-36(23)28)19-20-32(29)38-33-17-8-13-27-25-10-2-5-16-31(25)39(35(27)33)37(30)38/h1-21H. The molecule has 0 spiro atoms. The highest BCUT2D eigenvalue weighted by Crippen LogP contribution is 2.50. The second-order valence-corrected chi connectivity index (χ2v) is 12.0. The summed E-state index contributed by atoms with van der Waals surface area (Å²) in [5.74, 6) is 0. The lowest BCUT2D eigenvalue weighted by Gasteiger charge is -2.35. The monoisotopic (exact) mass is 524 g/mol. The summed E-state index contributed by atoms with van der Waals surface area (Å²) in [5.41, 5.74) is 11.7. The third-order valence-corrected chi connectivity index (χ3v) is 10.2. The summed E-state index contributed by atoms with van der Waals surface area (Å²) in [6.07, 6.45) is 0. The van der Waals surface area contributed by atoms with Gasteiger partial charge in [-0.15, -0.1) is 11.3 Å². The zero-order valence-corrected chi connectivity index (χ0v) is 22.3. The number of fused-ring (bicyclic) bond motifs is 14. The molecule has 0 N–H and O–H groups in total. The molecule has 2 aliphatic rings. The van der Waals surface area contributed by atoms with Crippen molar-refractivity contribution in [2.75, 3.05) is 4.81 Å². The first-order valence-electron chi connectivity index (χ1n) is 13.8. The number of hydrogen-bond acceptors (Lipinski definition) is 2. The van der Waals surface area contributed by atoms with Crippen molar-refractivity contribution in [3.8, 4) is 22.3 Å².